The molecule has 4 nitrogen and oxygen atoms in total. The molecule has 0 aromatic heterocycles. The largest absolute Gasteiger partial charge is 0.353 e. The Morgan fingerprint density at radius 3 is 3.08 bits per heavy atom. The summed E-state index contributed by atoms with van der Waals surface area (Å²) in [5, 5.41) is 6.09. The third-order valence-electron chi connectivity index (χ3n) is 2.10. The van der Waals surface area contributed by atoms with Crippen LogP contribution in [0.15, 0.2) is 0 Å². The maximum atomic E-state index is 11.0. The van der Waals surface area contributed by atoms with E-state index in [1.807, 2.05) is 0 Å². The third-order valence-corrected chi connectivity index (χ3v) is 2.10. The van der Waals surface area contributed by atoms with Gasteiger partial charge in [-0.3, -0.25) is 4.79 Å². The summed E-state index contributed by atoms with van der Waals surface area (Å²) in [5.74, 6) is -0.0660. The second-order valence-corrected chi connectivity index (χ2v) is 3.33. The van der Waals surface area contributed by atoms with E-state index in [0.717, 1.165) is 13.0 Å². The van der Waals surface area contributed by atoms with Gasteiger partial charge in [-0.05, 0) is 26.3 Å². The number of carbonyl (C=O) groups excluding carboxylic acids is 1. The normalized spacial score (nSPS) is 25.3. The van der Waals surface area contributed by atoms with E-state index in [1.165, 1.54) is 6.42 Å². The third kappa shape index (κ3) is 2.79. The van der Waals surface area contributed by atoms with E-state index in [-0.39, 0.29) is 5.91 Å². The first-order valence-corrected chi connectivity index (χ1v) is 4.47. The van der Waals surface area contributed by atoms with Crippen LogP contribution in [-0.2, 0) is 4.79 Å². The molecule has 1 amide bonds. The Kier molecular flexibility index (Phi) is 3.49. The minimum atomic E-state index is -0.397. The van der Waals surface area contributed by atoms with E-state index < -0.39 is 6.04 Å². The SMILES string of the molecule is C[C@@H](N)C(=O)NCC1CCCN1. The Balaban J connectivity index is 2.12. The summed E-state index contributed by atoms with van der Waals surface area (Å²) in [6, 6.07) is 0.0547. The molecule has 0 saturated carbocycles. The Hall–Kier alpha value is -0.610. The van der Waals surface area contributed by atoms with Gasteiger partial charge in [0.05, 0.1) is 6.04 Å². The number of nitrogens with one attached hydrogen (secondary N) is 2. The van der Waals surface area contributed by atoms with Gasteiger partial charge < -0.3 is 16.4 Å². The van der Waals surface area contributed by atoms with Crippen LogP contribution in [0.25, 0.3) is 0 Å². The lowest BCUT2D eigenvalue weighted by atomic mass is 10.2. The van der Waals surface area contributed by atoms with Crippen LogP contribution in [0.2, 0.25) is 0 Å². The zero-order chi connectivity index (χ0) is 8.97. The lowest BCUT2D eigenvalue weighted by Crippen LogP contribution is -2.43. The summed E-state index contributed by atoms with van der Waals surface area (Å²) < 4.78 is 0. The fraction of sp³-hybridized carbons (Fsp3) is 0.875. The van der Waals surface area contributed by atoms with Crippen LogP contribution in [0, 0.1) is 0 Å². The van der Waals surface area contributed by atoms with Crippen LogP contribution in [0.5, 0.6) is 0 Å². The number of rotatable bonds is 3. The van der Waals surface area contributed by atoms with Crippen molar-refractivity contribution in [3.05, 3.63) is 0 Å². The highest BCUT2D eigenvalue weighted by Gasteiger charge is 2.15. The molecule has 0 spiro atoms. The van der Waals surface area contributed by atoms with Gasteiger partial charge in [-0.25, -0.2) is 0 Å². The zero-order valence-corrected chi connectivity index (χ0v) is 7.47. The molecule has 4 N–H and O–H groups in total. The summed E-state index contributed by atoms with van der Waals surface area (Å²) >= 11 is 0. The van der Waals surface area contributed by atoms with Gasteiger partial charge in [-0.1, -0.05) is 0 Å². The molecular weight excluding hydrogens is 154 g/mol. The minimum absolute atomic E-state index is 0.0660. The number of carbonyl (C=O) groups is 1. The molecule has 0 aromatic carbocycles. The molecule has 2 atom stereocenters. The van der Waals surface area contributed by atoms with Gasteiger partial charge in [-0.15, -0.1) is 0 Å². The van der Waals surface area contributed by atoms with Crippen molar-refractivity contribution in [1.29, 1.82) is 0 Å². The molecule has 70 valence electrons. The van der Waals surface area contributed by atoms with E-state index >= 15 is 0 Å². The Morgan fingerprint density at radius 1 is 1.83 bits per heavy atom. The fourth-order valence-corrected chi connectivity index (χ4v) is 1.32. The van der Waals surface area contributed by atoms with E-state index in [2.05, 4.69) is 10.6 Å². The van der Waals surface area contributed by atoms with Crippen molar-refractivity contribution in [2.75, 3.05) is 13.1 Å². The molecule has 0 bridgehead atoms. The fourth-order valence-electron chi connectivity index (χ4n) is 1.32. The first-order valence-electron chi connectivity index (χ1n) is 4.47. The minimum Gasteiger partial charge on any atom is -0.353 e. The smallest absolute Gasteiger partial charge is 0.236 e. The van der Waals surface area contributed by atoms with Crippen molar-refractivity contribution in [1.82, 2.24) is 10.6 Å². The van der Waals surface area contributed by atoms with Gasteiger partial charge >= 0.3 is 0 Å². The van der Waals surface area contributed by atoms with Crippen molar-refractivity contribution >= 4 is 5.91 Å². The Labute approximate surface area is 72.9 Å². The molecule has 0 radical (unpaired) electrons. The standard InChI is InChI=1S/C8H17N3O/c1-6(9)8(12)11-5-7-3-2-4-10-7/h6-7,10H,2-5,9H2,1H3,(H,11,12)/t6-,7?/m1/s1. The second kappa shape index (κ2) is 4.42. The monoisotopic (exact) mass is 171 g/mol. The maximum absolute atomic E-state index is 11.0. The van der Waals surface area contributed by atoms with E-state index in [9.17, 15) is 4.79 Å². The van der Waals surface area contributed by atoms with Crippen molar-refractivity contribution in [2.24, 2.45) is 5.73 Å². The van der Waals surface area contributed by atoms with Crippen LogP contribution in [0.1, 0.15) is 19.8 Å². The molecule has 1 saturated heterocycles. The quantitative estimate of drug-likeness (QED) is 0.521. The molecule has 1 fully saturated rings. The molecular formula is C8H17N3O. The first kappa shape index (κ1) is 9.48. The zero-order valence-electron chi connectivity index (χ0n) is 7.47. The highest BCUT2D eigenvalue weighted by molar-refractivity contribution is 5.80. The molecule has 1 heterocycles. The summed E-state index contributed by atoms with van der Waals surface area (Å²) in [7, 11) is 0. The molecule has 1 aliphatic heterocycles. The van der Waals surface area contributed by atoms with Crippen LogP contribution in [0.3, 0.4) is 0 Å². The lowest BCUT2D eigenvalue weighted by Gasteiger charge is -2.12. The molecule has 0 aromatic rings. The predicted octanol–water partition coefficient (Wildman–Crippen LogP) is -0.798. The molecule has 4 heteroatoms. The average Bonchev–Trinajstić information content (AvgIpc) is 2.51. The van der Waals surface area contributed by atoms with Crippen molar-refractivity contribution in [3.8, 4) is 0 Å². The molecule has 1 rings (SSSR count). The topological polar surface area (TPSA) is 67.2 Å². The number of nitrogens with two attached hydrogens (primary N) is 1. The summed E-state index contributed by atoms with van der Waals surface area (Å²) in [6.45, 7) is 3.47. The van der Waals surface area contributed by atoms with Crippen molar-refractivity contribution in [2.45, 2.75) is 31.8 Å². The molecule has 1 unspecified atom stereocenters. The summed E-state index contributed by atoms with van der Waals surface area (Å²) in [4.78, 5) is 11.0. The maximum Gasteiger partial charge on any atom is 0.236 e. The van der Waals surface area contributed by atoms with Gasteiger partial charge in [-0.2, -0.15) is 0 Å². The van der Waals surface area contributed by atoms with Gasteiger partial charge in [0.2, 0.25) is 5.91 Å². The summed E-state index contributed by atoms with van der Waals surface area (Å²) in [5.41, 5.74) is 5.39. The van der Waals surface area contributed by atoms with Crippen LogP contribution in [-0.4, -0.2) is 31.1 Å². The number of amides is 1. The van der Waals surface area contributed by atoms with Gasteiger partial charge in [0.1, 0.15) is 0 Å². The first-order chi connectivity index (χ1) is 5.70. The highest BCUT2D eigenvalue weighted by atomic mass is 16.2. The average molecular weight is 171 g/mol. The second-order valence-electron chi connectivity index (χ2n) is 3.33. The Morgan fingerprint density at radius 2 is 2.58 bits per heavy atom. The molecule has 0 aliphatic carbocycles. The van der Waals surface area contributed by atoms with Crippen LogP contribution >= 0.6 is 0 Å². The van der Waals surface area contributed by atoms with Crippen LogP contribution < -0.4 is 16.4 Å². The number of hydrogen-bond acceptors (Lipinski definition) is 3. The van der Waals surface area contributed by atoms with E-state index in [4.69, 9.17) is 5.73 Å². The summed E-state index contributed by atoms with van der Waals surface area (Å²) in [6.07, 6.45) is 2.36. The predicted molar refractivity (Wildman–Crippen MR) is 47.7 cm³/mol. The highest BCUT2D eigenvalue weighted by Crippen LogP contribution is 2.02. The Bertz CT molecular complexity index is 152. The van der Waals surface area contributed by atoms with E-state index in [1.54, 1.807) is 6.92 Å². The molecule has 1 aliphatic rings. The van der Waals surface area contributed by atoms with Crippen LogP contribution in [0.4, 0.5) is 0 Å². The van der Waals surface area contributed by atoms with E-state index in [0.29, 0.717) is 12.6 Å². The van der Waals surface area contributed by atoms with Crippen molar-refractivity contribution < 1.29 is 4.79 Å². The van der Waals surface area contributed by atoms with Gasteiger partial charge in [0.25, 0.3) is 0 Å². The molecule has 12 heavy (non-hydrogen) atoms. The van der Waals surface area contributed by atoms with Crippen molar-refractivity contribution in [3.63, 3.8) is 0 Å². The van der Waals surface area contributed by atoms with Gasteiger partial charge in [0, 0.05) is 12.6 Å². The van der Waals surface area contributed by atoms with Gasteiger partial charge in [0.15, 0.2) is 0 Å². The lowest BCUT2D eigenvalue weighted by molar-refractivity contribution is -0.122. The number of hydrogen-bond donors (Lipinski definition) is 3.